The Labute approximate surface area is 112 Å². The van der Waals surface area contributed by atoms with E-state index in [9.17, 15) is 4.79 Å². The number of amidine groups is 1. The van der Waals surface area contributed by atoms with E-state index in [0.29, 0.717) is 5.92 Å². The minimum Gasteiger partial charge on any atom is -0.370 e. The molecular formula is C11H23N5OS. The van der Waals surface area contributed by atoms with Crippen molar-refractivity contribution < 1.29 is 4.79 Å². The zero-order valence-electron chi connectivity index (χ0n) is 11.2. The van der Waals surface area contributed by atoms with Crippen LogP contribution in [0.2, 0.25) is 0 Å². The number of nitrogens with two attached hydrogens (primary N) is 2. The SMILES string of the molecule is CC(C)CCC(C)NC(=O)CSC(=N)N=C(N)N. The highest BCUT2D eigenvalue weighted by Crippen LogP contribution is 2.07. The molecule has 1 amide bonds. The van der Waals surface area contributed by atoms with Crippen molar-refractivity contribution >= 4 is 28.8 Å². The molecule has 0 aromatic rings. The molecule has 6 N–H and O–H groups in total. The van der Waals surface area contributed by atoms with Gasteiger partial charge in [-0.2, -0.15) is 4.99 Å². The van der Waals surface area contributed by atoms with Crippen LogP contribution in [0.5, 0.6) is 0 Å². The van der Waals surface area contributed by atoms with E-state index in [4.69, 9.17) is 16.9 Å². The van der Waals surface area contributed by atoms with Crippen molar-refractivity contribution in [3.8, 4) is 0 Å². The highest BCUT2D eigenvalue weighted by molar-refractivity contribution is 8.14. The summed E-state index contributed by atoms with van der Waals surface area (Å²) in [5.41, 5.74) is 10.2. The van der Waals surface area contributed by atoms with Gasteiger partial charge in [-0.05, 0) is 25.7 Å². The first-order valence-corrected chi connectivity index (χ1v) is 6.90. The topological polar surface area (TPSA) is 117 Å². The van der Waals surface area contributed by atoms with Crippen LogP contribution in [0.25, 0.3) is 0 Å². The van der Waals surface area contributed by atoms with Crippen molar-refractivity contribution in [2.24, 2.45) is 22.4 Å². The molecule has 0 saturated heterocycles. The van der Waals surface area contributed by atoms with Crippen molar-refractivity contribution in [2.75, 3.05) is 5.75 Å². The summed E-state index contributed by atoms with van der Waals surface area (Å²) in [6.07, 6.45) is 2.04. The van der Waals surface area contributed by atoms with Gasteiger partial charge in [0.2, 0.25) is 5.91 Å². The highest BCUT2D eigenvalue weighted by atomic mass is 32.2. The Morgan fingerprint density at radius 2 is 1.94 bits per heavy atom. The number of guanidine groups is 1. The van der Waals surface area contributed by atoms with Gasteiger partial charge < -0.3 is 16.8 Å². The summed E-state index contributed by atoms with van der Waals surface area (Å²) in [7, 11) is 0. The van der Waals surface area contributed by atoms with Crippen LogP contribution in [0, 0.1) is 11.3 Å². The average molecular weight is 273 g/mol. The lowest BCUT2D eigenvalue weighted by Crippen LogP contribution is -2.34. The van der Waals surface area contributed by atoms with Gasteiger partial charge in [-0.25, -0.2) is 0 Å². The van der Waals surface area contributed by atoms with Gasteiger partial charge in [0.15, 0.2) is 11.1 Å². The summed E-state index contributed by atoms with van der Waals surface area (Å²) in [5.74, 6) is 0.514. The minimum absolute atomic E-state index is 0.0556. The number of nitrogens with zero attached hydrogens (tertiary/aromatic N) is 1. The average Bonchev–Trinajstić information content (AvgIpc) is 2.22. The molecule has 0 heterocycles. The van der Waals surface area contributed by atoms with E-state index < -0.39 is 0 Å². The Hall–Kier alpha value is -1.24. The summed E-state index contributed by atoms with van der Waals surface area (Å²) in [6.45, 7) is 6.29. The fourth-order valence-corrected chi connectivity index (χ4v) is 1.78. The molecule has 0 aliphatic carbocycles. The zero-order chi connectivity index (χ0) is 14.1. The predicted octanol–water partition coefficient (Wildman–Crippen LogP) is 0.869. The van der Waals surface area contributed by atoms with E-state index in [2.05, 4.69) is 24.2 Å². The number of carbonyl (C=O) groups is 1. The first-order valence-electron chi connectivity index (χ1n) is 5.91. The van der Waals surface area contributed by atoms with Crippen LogP contribution in [0.15, 0.2) is 4.99 Å². The first-order chi connectivity index (χ1) is 8.31. The van der Waals surface area contributed by atoms with E-state index in [-0.39, 0.29) is 28.8 Å². The van der Waals surface area contributed by atoms with E-state index in [1.807, 2.05) is 6.92 Å². The first kappa shape index (κ1) is 16.8. The Bertz CT molecular complexity index is 313. The standard InChI is InChI=1S/C11H23N5OS/c1-7(2)4-5-8(3)15-9(17)6-18-11(14)16-10(12)13/h7-8H,4-6H2,1-3H3,(H,15,17)(H5,12,13,14,16). The number of amides is 1. The fraction of sp³-hybridized carbons (Fsp3) is 0.727. The van der Waals surface area contributed by atoms with Crippen LogP contribution in [0.4, 0.5) is 0 Å². The van der Waals surface area contributed by atoms with Crippen LogP contribution < -0.4 is 16.8 Å². The minimum atomic E-state index is -0.168. The lowest BCUT2D eigenvalue weighted by atomic mass is 10.0. The maximum atomic E-state index is 11.5. The summed E-state index contributed by atoms with van der Waals surface area (Å²) in [4.78, 5) is 15.1. The molecule has 1 atom stereocenters. The second kappa shape index (κ2) is 8.79. The summed E-state index contributed by atoms with van der Waals surface area (Å²) < 4.78 is 0. The molecule has 0 saturated carbocycles. The van der Waals surface area contributed by atoms with Crippen LogP contribution in [-0.4, -0.2) is 28.8 Å². The van der Waals surface area contributed by atoms with Crippen LogP contribution in [0.1, 0.15) is 33.6 Å². The summed E-state index contributed by atoms with van der Waals surface area (Å²) in [5, 5.41) is 10.2. The Morgan fingerprint density at radius 3 is 2.44 bits per heavy atom. The highest BCUT2D eigenvalue weighted by Gasteiger charge is 2.09. The second-order valence-corrected chi connectivity index (χ2v) is 5.53. The van der Waals surface area contributed by atoms with Gasteiger partial charge in [0.1, 0.15) is 0 Å². The van der Waals surface area contributed by atoms with E-state index in [1.54, 1.807) is 0 Å². The van der Waals surface area contributed by atoms with Crippen molar-refractivity contribution in [2.45, 2.75) is 39.7 Å². The van der Waals surface area contributed by atoms with Gasteiger partial charge in [0, 0.05) is 6.04 Å². The monoisotopic (exact) mass is 273 g/mol. The predicted molar refractivity (Wildman–Crippen MR) is 77.7 cm³/mol. The molecule has 0 bridgehead atoms. The normalized spacial score (nSPS) is 12.0. The van der Waals surface area contributed by atoms with Crippen molar-refractivity contribution in [1.82, 2.24) is 5.32 Å². The molecule has 0 spiro atoms. The third kappa shape index (κ3) is 9.95. The molecular weight excluding hydrogens is 250 g/mol. The Morgan fingerprint density at radius 1 is 1.33 bits per heavy atom. The van der Waals surface area contributed by atoms with Gasteiger partial charge in [-0.1, -0.05) is 25.6 Å². The van der Waals surface area contributed by atoms with Gasteiger partial charge in [0.25, 0.3) is 0 Å². The van der Waals surface area contributed by atoms with Crippen LogP contribution in [-0.2, 0) is 4.79 Å². The number of carbonyl (C=O) groups excluding carboxylic acids is 1. The third-order valence-electron chi connectivity index (χ3n) is 2.16. The fourth-order valence-electron chi connectivity index (χ4n) is 1.26. The summed E-state index contributed by atoms with van der Waals surface area (Å²) in [6, 6.07) is 0.151. The summed E-state index contributed by atoms with van der Waals surface area (Å²) >= 11 is 1.00. The number of hydrogen-bond donors (Lipinski definition) is 4. The number of nitrogens with one attached hydrogen (secondary N) is 2. The van der Waals surface area contributed by atoms with Gasteiger partial charge in [-0.15, -0.1) is 0 Å². The molecule has 7 heteroatoms. The number of thioether (sulfide) groups is 1. The molecule has 0 aromatic heterocycles. The third-order valence-corrected chi connectivity index (χ3v) is 2.93. The Balaban J connectivity index is 3.84. The van der Waals surface area contributed by atoms with Crippen LogP contribution in [0.3, 0.4) is 0 Å². The van der Waals surface area contributed by atoms with Crippen molar-refractivity contribution in [3.05, 3.63) is 0 Å². The number of aliphatic imine (C=N–C) groups is 1. The lowest BCUT2D eigenvalue weighted by Gasteiger charge is -2.14. The second-order valence-electron chi connectivity index (χ2n) is 4.57. The number of rotatable bonds is 6. The van der Waals surface area contributed by atoms with E-state index in [1.165, 1.54) is 0 Å². The molecule has 18 heavy (non-hydrogen) atoms. The van der Waals surface area contributed by atoms with Crippen molar-refractivity contribution in [1.29, 1.82) is 5.41 Å². The zero-order valence-corrected chi connectivity index (χ0v) is 12.0. The largest absolute Gasteiger partial charge is 0.370 e. The van der Waals surface area contributed by atoms with Gasteiger partial charge in [0.05, 0.1) is 5.75 Å². The molecule has 104 valence electrons. The molecule has 0 fully saturated rings. The van der Waals surface area contributed by atoms with Crippen LogP contribution >= 0.6 is 11.8 Å². The maximum absolute atomic E-state index is 11.5. The smallest absolute Gasteiger partial charge is 0.230 e. The molecule has 0 aromatic carbocycles. The van der Waals surface area contributed by atoms with Crippen molar-refractivity contribution in [3.63, 3.8) is 0 Å². The molecule has 0 aliphatic heterocycles. The van der Waals surface area contributed by atoms with E-state index in [0.717, 1.165) is 24.6 Å². The molecule has 6 nitrogen and oxygen atoms in total. The quantitative estimate of drug-likeness (QED) is 0.424. The molecule has 0 aliphatic rings. The van der Waals surface area contributed by atoms with Gasteiger partial charge in [-0.3, -0.25) is 10.2 Å². The number of hydrogen-bond acceptors (Lipinski definition) is 3. The Kier molecular flexibility index (Phi) is 8.19. The maximum Gasteiger partial charge on any atom is 0.230 e. The van der Waals surface area contributed by atoms with Gasteiger partial charge >= 0.3 is 0 Å². The molecule has 0 radical (unpaired) electrons. The molecule has 1 unspecified atom stereocenters. The molecule has 0 rings (SSSR count). The lowest BCUT2D eigenvalue weighted by molar-refractivity contribution is -0.119. The van der Waals surface area contributed by atoms with E-state index >= 15 is 0 Å².